The van der Waals surface area contributed by atoms with E-state index in [0.29, 0.717) is 6.04 Å². The van der Waals surface area contributed by atoms with E-state index in [-0.39, 0.29) is 6.10 Å². The quantitative estimate of drug-likeness (QED) is 0.585. The summed E-state index contributed by atoms with van der Waals surface area (Å²) in [6.45, 7) is 5.64. The van der Waals surface area contributed by atoms with E-state index in [9.17, 15) is 5.11 Å². The Morgan fingerprint density at radius 2 is 2.25 bits per heavy atom. The van der Waals surface area contributed by atoms with E-state index in [1.807, 2.05) is 6.92 Å². The Morgan fingerprint density at radius 3 is 2.92 bits per heavy atom. The van der Waals surface area contributed by atoms with E-state index in [1.54, 1.807) is 0 Å². The molecule has 0 aromatic heterocycles. The van der Waals surface area contributed by atoms with Crippen molar-refractivity contribution < 1.29 is 5.11 Å². The largest absolute Gasteiger partial charge is 0.392 e. The minimum Gasteiger partial charge on any atom is -0.392 e. The molecule has 1 fully saturated rings. The summed E-state index contributed by atoms with van der Waals surface area (Å²) >= 11 is 0. The minimum atomic E-state index is -0.139. The third kappa shape index (κ3) is 2.51. The van der Waals surface area contributed by atoms with Crippen molar-refractivity contribution in [1.29, 1.82) is 0 Å². The number of aliphatic hydroxyl groups is 1. The molecule has 1 N–H and O–H groups in total. The summed E-state index contributed by atoms with van der Waals surface area (Å²) in [6, 6.07) is 0.578. The highest BCUT2D eigenvalue weighted by Crippen LogP contribution is 2.15. The van der Waals surface area contributed by atoms with Crippen molar-refractivity contribution in [2.45, 2.75) is 38.8 Å². The smallest absolute Gasteiger partial charge is 0.0668 e. The van der Waals surface area contributed by atoms with E-state index in [1.165, 1.54) is 0 Å². The van der Waals surface area contributed by atoms with Crippen LogP contribution in [0.5, 0.6) is 0 Å². The molecule has 0 spiro atoms. The van der Waals surface area contributed by atoms with Crippen molar-refractivity contribution >= 4 is 0 Å². The molecule has 2 heteroatoms. The van der Waals surface area contributed by atoms with Crippen molar-refractivity contribution in [2.24, 2.45) is 0 Å². The van der Waals surface area contributed by atoms with Gasteiger partial charge >= 0.3 is 0 Å². The predicted molar refractivity (Wildman–Crippen MR) is 49.7 cm³/mol. The fraction of sp³-hybridized carbons (Fsp3) is 0.800. The van der Waals surface area contributed by atoms with E-state index < -0.39 is 0 Å². The maximum atomic E-state index is 9.41. The molecule has 1 aliphatic heterocycles. The Kier molecular flexibility index (Phi) is 3.58. The maximum absolute atomic E-state index is 9.41. The average Bonchev–Trinajstić information content (AvgIpc) is 2.07. The molecule has 0 aromatic carbocycles. The highest BCUT2D eigenvalue weighted by molar-refractivity contribution is 4.99. The summed E-state index contributed by atoms with van der Waals surface area (Å²) in [7, 11) is 0. The minimum absolute atomic E-state index is 0.139. The van der Waals surface area contributed by atoms with Gasteiger partial charge in [-0.3, -0.25) is 4.90 Å². The number of β-amino-alcohol motifs (C(OH)–C–C–N with tert-alkyl or cyclic N) is 1. The molecule has 0 radical (unpaired) electrons. The lowest BCUT2D eigenvalue weighted by Gasteiger charge is -2.34. The predicted octanol–water partition coefficient (Wildman–Crippen LogP) is 0.855. The Morgan fingerprint density at radius 1 is 1.50 bits per heavy atom. The molecular formula is C10H17NO. The van der Waals surface area contributed by atoms with Gasteiger partial charge in [0.15, 0.2) is 0 Å². The van der Waals surface area contributed by atoms with Gasteiger partial charge in [0.2, 0.25) is 0 Å². The topological polar surface area (TPSA) is 23.5 Å². The van der Waals surface area contributed by atoms with Crippen LogP contribution in [-0.2, 0) is 0 Å². The molecule has 1 saturated heterocycles. The second-order valence-corrected chi connectivity index (χ2v) is 3.44. The number of hydrogen-bond acceptors (Lipinski definition) is 2. The summed E-state index contributed by atoms with van der Waals surface area (Å²) in [4.78, 5) is 2.24. The highest BCUT2D eigenvalue weighted by Gasteiger charge is 2.22. The lowest BCUT2D eigenvalue weighted by atomic mass is 10.0. The van der Waals surface area contributed by atoms with Gasteiger partial charge in [-0.2, -0.15) is 0 Å². The van der Waals surface area contributed by atoms with Gasteiger partial charge in [0.05, 0.1) is 12.6 Å². The Bertz CT molecular complexity index is 192. The highest BCUT2D eigenvalue weighted by atomic mass is 16.3. The zero-order valence-corrected chi connectivity index (χ0v) is 7.88. The molecule has 0 aliphatic carbocycles. The molecule has 0 bridgehead atoms. The van der Waals surface area contributed by atoms with Crippen LogP contribution in [0, 0.1) is 11.8 Å². The number of rotatable bonds is 1. The number of likely N-dealkylation sites (tertiary alicyclic amines) is 1. The van der Waals surface area contributed by atoms with E-state index >= 15 is 0 Å². The van der Waals surface area contributed by atoms with Crippen LogP contribution >= 0.6 is 0 Å². The van der Waals surface area contributed by atoms with Gasteiger partial charge < -0.3 is 5.11 Å². The SMILES string of the molecule is CC#CCN1C[C@@H](O)CC[C@@H]1C. The third-order valence-electron chi connectivity index (χ3n) is 2.45. The molecule has 0 amide bonds. The lowest BCUT2D eigenvalue weighted by Crippen LogP contribution is -2.44. The van der Waals surface area contributed by atoms with Crippen molar-refractivity contribution in [2.75, 3.05) is 13.1 Å². The fourth-order valence-corrected chi connectivity index (χ4v) is 1.56. The summed E-state index contributed by atoms with van der Waals surface area (Å²) in [5.41, 5.74) is 0. The molecule has 1 heterocycles. The van der Waals surface area contributed by atoms with E-state index in [2.05, 4.69) is 23.7 Å². The normalized spacial score (nSPS) is 30.9. The first-order valence-electron chi connectivity index (χ1n) is 4.55. The van der Waals surface area contributed by atoms with Crippen LogP contribution in [-0.4, -0.2) is 35.2 Å². The van der Waals surface area contributed by atoms with E-state index in [4.69, 9.17) is 0 Å². The summed E-state index contributed by atoms with van der Waals surface area (Å²) in [5, 5.41) is 9.41. The van der Waals surface area contributed by atoms with Gasteiger partial charge in [0.1, 0.15) is 0 Å². The molecule has 12 heavy (non-hydrogen) atoms. The molecule has 68 valence electrons. The monoisotopic (exact) mass is 167 g/mol. The summed E-state index contributed by atoms with van der Waals surface area (Å²) in [5.74, 6) is 5.91. The standard InChI is InChI=1S/C10H17NO/c1-3-4-7-11-8-10(12)6-5-9(11)2/h9-10,12H,5-8H2,1-2H3/t9-,10-/m0/s1. The van der Waals surface area contributed by atoms with Crippen molar-refractivity contribution in [3.05, 3.63) is 0 Å². The van der Waals surface area contributed by atoms with Crippen LogP contribution < -0.4 is 0 Å². The van der Waals surface area contributed by atoms with E-state index in [0.717, 1.165) is 25.9 Å². The molecule has 0 unspecified atom stereocenters. The van der Waals surface area contributed by atoms with Gasteiger partial charge in [0.25, 0.3) is 0 Å². The molecule has 2 nitrogen and oxygen atoms in total. The Labute approximate surface area is 74.6 Å². The molecule has 1 aliphatic rings. The van der Waals surface area contributed by atoms with Crippen molar-refractivity contribution in [3.8, 4) is 11.8 Å². The van der Waals surface area contributed by atoms with Crippen molar-refractivity contribution in [1.82, 2.24) is 4.90 Å². The summed E-state index contributed by atoms with van der Waals surface area (Å²) < 4.78 is 0. The third-order valence-corrected chi connectivity index (χ3v) is 2.45. The number of hydrogen-bond donors (Lipinski definition) is 1. The van der Waals surface area contributed by atoms with Crippen molar-refractivity contribution in [3.63, 3.8) is 0 Å². The van der Waals surface area contributed by atoms with Crippen LogP contribution in [0.1, 0.15) is 26.7 Å². The van der Waals surface area contributed by atoms with Gasteiger partial charge in [-0.15, -0.1) is 5.92 Å². The van der Waals surface area contributed by atoms with Crippen LogP contribution in [0.25, 0.3) is 0 Å². The zero-order valence-electron chi connectivity index (χ0n) is 7.88. The maximum Gasteiger partial charge on any atom is 0.0668 e. The zero-order chi connectivity index (χ0) is 8.97. The van der Waals surface area contributed by atoms with Crippen LogP contribution in [0.3, 0.4) is 0 Å². The second-order valence-electron chi connectivity index (χ2n) is 3.44. The number of aliphatic hydroxyl groups excluding tert-OH is 1. The molecule has 1 rings (SSSR count). The molecule has 0 aromatic rings. The Hall–Kier alpha value is -0.520. The van der Waals surface area contributed by atoms with Gasteiger partial charge in [-0.1, -0.05) is 5.92 Å². The van der Waals surface area contributed by atoms with Gasteiger partial charge in [0, 0.05) is 12.6 Å². The van der Waals surface area contributed by atoms with Gasteiger partial charge in [-0.25, -0.2) is 0 Å². The number of piperidine rings is 1. The van der Waals surface area contributed by atoms with Crippen LogP contribution in [0.15, 0.2) is 0 Å². The molecule has 0 saturated carbocycles. The first-order chi connectivity index (χ1) is 5.74. The molecular weight excluding hydrogens is 150 g/mol. The average molecular weight is 167 g/mol. The second kappa shape index (κ2) is 4.49. The van der Waals surface area contributed by atoms with Crippen LogP contribution in [0.2, 0.25) is 0 Å². The van der Waals surface area contributed by atoms with Gasteiger partial charge in [-0.05, 0) is 26.7 Å². The summed E-state index contributed by atoms with van der Waals surface area (Å²) in [6.07, 6.45) is 1.89. The first-order valence-corrected chi connectivity index (χ1v) is 4.55. The van der Waals surface area contributed by atoms with Crippen LogP contribution in [0.4, 0.5) is 0 Å². The first kappa shape index (κ1) is 9.57. The molecule has 2 atom stereocenters. The number of nitrogens with zero attached hydrogens (tertiary/aromatic N) is 1. The Balaban J connectivity index is 2.41. The lowest BCUT2D eigenvalue weighted by molar-refractivity contribution is 0.0493. The fourth-order valence-electron chi connectivity index (χ4n) is 1.56.